The van der Waals surface area contributed by atoms with Crippen LogP contribution in [0, 0.1) is 11.8 Å². The Bertz CT molecular complexity index is 531. The highest BCUT2D eigenvalue weighted by atomic mass is 32.2. The van der Waals surface area contributed by atoms with Crippen LogP contribution in [-0.2, 0) is 11.2 Å². The van der Waals surface area contributed by atoms with E-state index in [2.05, 4.69) is 11.4 Å². The van der Waals surface area contributed by atoms with Crippen LogP contribution in [0.5, 0.6) is 11.5 Å². The third-order valence-electron chi connectivity index (χ3n) is 4.12. The number of thioether (sulfide) groups is 1. The highest BCUT2D eigenvalue weighted by molar-refractivity contribution is 7.99. The molecule has 2 aliphatic rings. The number of hydrogen-bond donors (Lipinski definition) is 1. The lowest BCUT2D eigenvalue weighted by molar-refractivity contribution is -0.118. The molecule has 1 aliphatic carbocycles. The van der Waals surface area contributed by atoms with Crippen LogP contribution in [0.4, 0.5) is 0 Å². The first-order chi connectivity index (χ1) is 10.8. The van der Waals surface area contributed by atoms with Gasteiger partial charge in [0.25, 0.3) is 0 Å². The summed E-state index contributed by atoms with van der Waals surface area (Å²) in [4.78, 5) is 11.8. The normalized spacial score (nSPS) is 20.0. The molecule has 0 bridgehead atoms. The van der Waals surface area contributed by atoms with Crippen molar-refractivity contribution in [3.63, 3.8) is 0 Å². The van der Waals surface area contributed by atoms with E-state index in [-0.39, 0.29) is 5.91 Å². The van der Waals surface area contributed by atoms with Crippen molar-refractivity contribution in [1.29, 1.82) is 0 Å². The summed E-state index contributed by atoms with van der Waals surface area (Å²) in [5.74, 6) is 4.70. The van der Waals surface area contributed by atoms with Gasteiger partial charge in [-0.2, -0.15) is 11.8 Å². The third-order valence-corrected chi connectivity index (χ3v) is 5.30. The zero-order valence-corrected chi connectivity index (χ0v) is 13.8. The molecule has 1 heterocycles. The summed E-state index contributed by atoms with van der Waals surface area (Å²) in [7, 11) is 1.66. The summed E-state index contributed by atoms with van der Waals surface area (Å²) in [6, 6.07) is 5.96. The van der Waals surface area contributed by atoms with Crippen molar-refractivity contribution >= 4 is 17.7 Å². The van der Waals surface area contributed by atoms with Crippen LogP contribution in [0.2, 0.25) is 0 Å². The van der Waals surface area contributed by atoms with Crippen molar-refractivity contribution in [3.05, 3.63) is 23.8 Å². The van der Waals surface area contributed by atoms with Crippen molar-refractivity contribution in [2.45, 2.75) is 19.3 Å². The molecule has 5 heteroatoms. The minimum Gasteiger partial charge on any atom is -0.493 e. The van der Waals surface area contributed by atoms with Crippen LogP contribution in [0.3, 0.4) is 0 Å². The van der Waals surface area contributed by atoms with Gasteiger partial charge in [0.05, 0.1) is 19.5 Å². The Labute approximate surface area is 135 Å². The minimum absolute atomic E-state index is 0.141. The van der Waals surface area contributed by atoms with E-state index < -0.39 is 0 Å². The van der Waals surface area contributed by atoms with Gasteiger partial charge in [0.1, 0.15) is 0 Å². The zero-order chi connectivity index (χ0) is 15.4. The van der Waals surface area contributed by atoms with Gasteiger partial charge < -0.3 is 14.8 Å². The molecule has 1 atom stereocenters. The molecule has 1 saturated carbocycles. The van der Waals surface area contributed by atoms with Gasteiger partial charge in [-0.25, -0.2) is 0 Å². The first-order valence-corrected chi connectivity index (χ1v) is 9.05. The summed E-state index contributed by atoms with van der Waals surface area (Å²) in [6.45, 7) is 1.31. The molecule has 4 nitrogen and oxygen atoms in total. The van der Waals surface area contributed by atoms with Crippen molar-refractivity contribution < 1.29 is 14.3 Å². The standard InChI is InChI=1S/C17H23NO3S/c1-20-15-4-2-3-14-7-13(9-21-17(14)15)8-18-16(19)11-22-10-12-5-6-12/h2-4,12-13H,5-11H2,1H3,(H,18,19)/t13-/m0/s1. The number of hydrogen-bond acceptors (Lipinski definition) is 4. The molecular formula is C17H23NO3S. The summed E-state index contributed by atoms with van der Waals surface area (Å²) in [5.41, 5.74) is 1.16. The van der Waals surface area contributed by atoms with Crippen molar-refractivity contribution in [1.82, 2.24) is 5.32 Å². The van der Waals surface area contributed by atoms with Crippen LogP contribution in [-0.4, -0.2) is 37.7 Å². The van der Waals surface area contributed by atoms with Gasteiger partial charge in [-0.1, -0.05) is 12.1 Å². The maximum atomic E-state index is 11.8. The van der Waals surface area contributed by atoms with Gasteiger partial charge in [-0.3, -0.25) is 4.79 Å². The zero-order valence-electron chi connectivity index (χ0n) is 13.0. The first kappa shape index (κ1) is 15.5. The Morgan fingerprint density at radius 3 is 3.05 bits per heavy atom. The number of benzene rings is 1. The molecule has 0 aromatic heterocycles. The lowest BCUT2D eigenvalue weighted by Gasteiger charge is -2.26. The van der Waals surface area contributed by atoms with E-state index >= 15 is 0 Å². The Kier molecular flexibility index (Phi) is 5.13. The summed E-state index contributed by atoms with van der Waals surface area (Å²) in [5, 5.41) is 3.03. The Morgan fingerprint density at radius 2 is 2.27 bits per heavy atom. The van der Waals surface area contributed by atoms with Crippen LogP contribution in [0.15, 0.2) is 18.2 Å². The molecule has 22 heavy (non-hydrogen) atoms. The van der Waals surface area contributed by atoms with Crippen LogP contribution >= 0.6 is 11.8 Å². The molecule has 0 unspecified atom stereocenters. The van der Waals surface area contributed by atoms with Gasteiger partial charge in [0.2, 0.25) is 5.91 Å². The van der Waals surface area contributed by atoms with Crippen LogP contribution < -0.4 is 14.8 Å². The first-order valence-electron chi connectivity index (χ1n) is 7.89. The molecule has 1 fully saturated rings. The SMILES string of the molecule is COc1cccc2c1OC[C@H](CNC(=O)CSCC1CC1)C2. The number of fused-ring (bicyclic) bond motifs is 1. The molecule has 1 amide bonds. The van der Waals surface area contributed by atoms with E-state index in [4.69, 9.17) is 9.47 Å². The lowest BCUT2D eigenvalue weighted by Crippen LogP contribution is -2.35. The van der Waals surface area contributed by atoms with Crippen molar-refractivity contribution in [2.75, 3.05) is 31.8 Å². The number of methoxy groups -OCH3 is 1. The Hall–Kier alpha value is -1.36. The number of amides is 1. The minimum atomic E-state index is 0.141. The van der Waals surface area contributed by atoms with Crippen LogP contribution in [0.25, 0.3) is 0 Å². The van der Waals surface area contributed by atoms with Gasteiger partial charge in [0.15, 0.2) is 11.5 Å². The molecule has 0 spiro atoms. The fourth-order valence-electron chi connectivity index (χ4n) is 2.66. The van der Waals surface area contributed by atoms with Crippen molar-refractivity contribution in [3.8, 4) is 11.5 Å². The monoisotopic (exact) mass is 321 g/mol. The van der Waals surface area contributed by atoms with Gasteiger partial charge in [0, 0.05) is 12.5 Å². The average Bonchev–Trinajstić information content (AvgIpc) is 3.36. The highest BCUT2D eigenvalue weighted by Crippen LogP contribution is 2.36. The highest BCUT2D eigenvalue weighted by Gasteiger charge is 2.23. The molecular weight excluding hydrogens is 298 g/mol. The predicted molar refractivity (Wildman–Crippen MR) is 88.7 cm³/mol. The molecule has 1 aromatic carbocycles. The van der Waals surface area contributed by atoms with E-state index in [1.807, 2.05) is 12.1 Å². The van der Waals surface area contributed by atoms with Gasteiger partial charge >= 0.3 is 0 Å². The second-order valence-electron chi connectivity index (χ2n) is 6.09. The number of para-hydroxylation sites is 1. The second-order valence-corrected chi connectivity index (χ2v) is 7.12. The molecule has 120 valence electrons. The summed E-state index contributed by atoms with van der Waals surface area (Å²) < 4.78 is 11.1. The van der Waals surface area contributed by atoms with E-state index in [0.717, 1.165) is 35.2 Å². The van der Waals surface area contributed by atoms with E-state index in [9.17, 15) is 4.79 Å². The van der Waals surface area contributed by atoms with Gasteiger partial charge in [-0.15, -0.1) is 0 Å². The molecule has 1 aliphatic heterocycles. The number of rotatable bonds is 7. The number of carbonyl (C=O) groups excluding carboxylic acids is 1. The Morgan fingerprint density at radius 1 is 1.41 bits per heavy atom. The third kappa shape index (κ3) is 4.09. The van der Waals surface area contributed by atoms with Gasteiger partial charge in [-0.05, 0) is 42.6 Å². The topological polar surface area (TPSA) is 47.6 Å². The van der Waals surface area contributed by atoms with E-state index in [1.165, 1.54) is 12.8 Å². The molecule has 3 rings (SSSR count). The molecule has 0 radical (unpaired) electrons. The Balaban J connectivity index is 1.43. The average molecular weight is 321 g/mol. The largest absolute Gasteiger partial charge is 0.493 e. The fraction of sp³-hybridized carbons (Fsp3) is 0.588. The van der Waals surface area contributed by atoms with E-state index in [0.29, 0.717) is 24.8 Å². The quantitative estimate of drug-likeness (QED) is 0.838. The summed E-state index contributed by atoms with van der Waals surface area (Å²) in [6.07, 6.45) is 3.61. The summed E-state index contributed by atoms with van der Waals surface area (Å²) >= 11 is 1.75. The maximum Gasteiger partial charge on any atom is 0.230 e. The molecule has 1 N–H and O–H groups in total. The maximum absolute atomic E-state index is 11.8. The molecule has 1 aromatic rings. The number of carbonyl (C=O) groups is 1. The lowest BCUT2D eigenvalue weighted by atomic mass is 9.96. The second kappa shape index (κ2) is 7.27. The van der Waals surface area contributed by atoms with Crippen LogP contribution in [0.1, 0.15) is 18.4 Å². The predicted octanol–water partition coefficient (Wildman–Crippen LogP) is 2.51. The smallest absolute Gasteiger partial charge is 0.230 e. The van der Waals surface area contributed by atoms with E-state index in [1.54, 1.807) is 18.9 Å². The molecule has 0 saturated heterocycles. The number of nitrogens with one attached hydrogen (secondary N) is 1. The fourth-order valence-corrected chi connectivity index (χ4v) is 3.73. The number of ether oxygens (including phenoxy) is 2. The van der Waals surface area contributed by atoms with Crippen molar-refractivity contribution in [2.24, 2.45) is 11.8 Å².